The van der Waals surface area contributed by atoms with Gasteiger partial charge in [-0.15, -0.1) is 0 Å². The minimum absolute atomic E-state index is 0.251. The number of fused-ring (bicyclic) bond motifs is 2. The number of hydrogen-bond acceptors (Lipinski definition) is 6. The van der Waals surface area contributed by atoms with E-state index < -0.39 is 36.4 Å². The number of hydrogen-bond donors (Lipinski definition) is 3. The Labute approximate surface area is 281 Å². The number of rotatable bonds is 5. The maximum absolute atomic E-state index is 10.6. The Morgan fingerprint density at radius 2 is 1.26 bits per heavy atom. The number of benzene rings is 1. The molecule has 0 atom stereocenters. The lowest BCUT2D eigenvalue weighted by atomic mass is 9.72. The fraction of sp³-hybridized carbons (Fsp3) is 0.613. The minimum atomic E-state index is -5.08. The van der Waals surface area contributed by atoms with E-state index in [9.17, 15) is 39.5 Å². The highest BCUT2D eigenvalue weighted by Gasteiger charge is 2.46. The average Bonchev–Trinajstić information content (AvgIpc) is 3.73. The molecule has 5 rings (SSSR count). The van der Waals surface area contributed by atoms with Crippen molar-refractivity contribution >= 4 is 17.9 Å². The lowest BCUT2D eigenvalue weighted by molar-refractivity contribution is -0.193. The van der Waals surface area contributed by atoms with Gasteiger partial charge in [0.15, 0.2) is 0 Å². The zero-order valence-corrected chi connectivity index (χ0v) is 27.4. The number of likely N-dealkylation sites (tertiary alicyclic amines) is 1. The summed E-state index contributed by atoms with van der Waals surface area (Å²) in [5.41, 5.74) is 4.64. The molecule has 0 bridgehead atoms. The predicted molar refractivity (Wildman–Crippen MR) is 159 cm³/mol. The number of carboxylic acid groups (broad SMARTS) is 3. The Hall–Kier alpha value is -3.87. The van der Waals surface area contributed by atoms with E-state index in [0.29, 0.717) is 6.04 Å². The molecule has 2 aliphatic heterocycles. The molecule has 10 nitrogen and oxygen atoms in total. The van der Waals surface area contributed by atoms with E-state index in [1.54, 1.807) is 0 Å². The van der Waals surface area contributed by atoms with Crippen molar-refractivity contribution in [2.24, 2.45) is 5.92 Å². The van der Waals surface area contributed by atoms with Crippen molar-refractivity contribution in [3.63, 3.8) is 0 Å². The van der Waals surface area contributed by atoms with Crippen LogP contribution in [-0.2, 0) is 32.9 Å². The van der Waals surface area contributed by atoms with Crippen molar-refractivity contribution in [3.05, 3.63) is 53.1 Å². The Morgan fingerprint density at radius 3 is 1.64 bits per heavy atom. The largest absolute Gasteiger partial charge is 0.490 e. The van der Waals surface area contributed by atoms with E-state index in [1.165, 1.54) is 74.6 Å². The Morgan fingerprint density at radius 1 is 0.820 bits per heavy atom. The second-order valence-corrected chi connectivity index (χ2v) is 12.5. The van der Waals surface area contributed by atoms with Crippen LogP contribution >= 0.6 is 0 Å². The molecular formula is C31H39F9N4O6. The molecule has 1 saturated carbocycles. The first-order valence-corrected chi connectivity index (χ1v) is 15.3. The van der Waals surface area contributed by atoms with Gasteiger partial charge < -0.3 is 19.9 Å². The summed E-state index contributed by atoms with van der Waals surface area (Å²) in [4.78, 5) is 37.3. The predicted octanol–water partition coefficient (Wildman–Crippen LogP) is 6.43. The summed E-state index contributed by atoms with van der Waals surface area (Å²) in [6.45, 7) is 13.9. The second kappa shape index (κ2) is 16.9. The lowest BCUT2D eigenvalue weighted by Gasteiger charge is -2.47. The Balaban J connectivity index is 0.000000338. The van der Waals surface area contributed by atoms with E-state index in [-0.39, 0.29) is 5.41 Å². The molecular weight excluding hydrogens is 695 g/mol. The number of nitrogens with zero attached hydrogens (tertiary/aromatic N) is 4. The molecule has 3 heterocycles. The average molecular weight is 735 g/mol. The van der Waals surface area contributed by atoms with Gasteiger partial charge in [0.25, 0.3) is 0 Å². The number of aryl methyl sites for hydroxylation is 1. The van der Waals surface area contributed by atoms with Gasteiger partial charge in [0, 0.05) is 37.6 Å². The SMILES string of the molecule is Cc1nc2c(n1C(C)C)CN(CC1CC1)CC21CCN(Cc2ccccc2)CC1.O=C(O)C(F)(F)F.O=C(O)C(F)(F)F.O=C(O)C(F)(F)F. The molecule has 50 heavy (non-hydrogen) atoms. The van der Waals surface area contributed by atoms with Crippen molar-refractivity contribution in [3.8, 4) is 0 Å². The highest BCUT2D eigenvalue weighted by Crippen LogP contribution is 2.44. The molecule has 19 heteroatoms. The van der Waals surface area contributed by atoms with Crippen LogP contribution < -0.4 is 0 Å². The van der Waals surface area contributed by atoms with E-state index in [4.69, 9.17) is 34.7 Å². The van der Waals surface area contributed by atoms with Gasteiger partial charge in [0.05, 0.1) is 11.4 Å². The van der Waals surface area contributed by atoms with E-state index in [2.05, 4.69) is 65.5 Å². The standard InChI is InChI=1S/C25H36N4.3C2HF3O2/c1-19(2)29-20(3)26-24-23(29)17-28(16-22-9-10-22)18-25(24)11-13-27(14-12-25)15-21-7-5-4-6-8-21;3*3-2(4,5)1(6)7/h4-8,19,22H,9-18H2,1-3H3;3*(H,6,7). The summed E-state index contributed by atoms with van der Waals surface area (Å²) in [5.74, 6) is -6.11. The summed E-state index contributed by atoms with van der Waals surface area (Å²) >= 11 is 0. The highest BCUT2D eigenvalue weighted by molar-refractivity contribution is 5.73. The molecule has 1 aliphatic carbocycles. The van der Waals surface area contributed by atoms with Gasteiger partial charge in [-0.25, -0.2) is 19.4 Å². The quantitative estimate of drug-likeness (QED) is 0.297. The first-order valence-electron chi connectivity index (χ1n) is 15.3. The number of piperidine rings is 1. The van der Waals surface area contributed by atoms with Crippen LogP contribution in [0.15, 0.2) is 30.3 Å². The van der Waals surface area contributed by atoms with Gasteiger partial charge in [-0.3, -0.25) is 9.80 Å². The van der Waals surface area contributed by atoms with E-state index >= 15 is 0 Å². The summed E-state index contributed by atoms with van der Waals surface area (Å²) in [6, 6.07) is 11.4. The number of aromatic nitrogens is 2. The van der Waals surface area contributed by atoms with Crippen molar-refractivity contribution in [1.82, 2.24) is 19.4 Å². The van der Waals surface area contributed by atoms with Gasteiger partial charge in [-0.1, -0.05) is 30.3 Å². The third-order valence-electron chi connectivity index (χ3n) is 8.11. The molecule has 282 valence electrons. The molecule has 2 aromatic rings. The first-order chi connectivity index (χ1) is 22.9. The van der Waals surface area contributed by atoms with E-state index in [0.717, 1.165) is 19.0 Å². The number of halogens is 9. The van der Waals surface area contributed by atoms with E-state index in [1.807, 2.05) is 0 Å². The van der Waals surface area contributed by atoms with Crippen LogP contribution in [0.1, 0.15) is 68.3 Å². The van der Waals surface area contributed by atoms with Crippen molar-refractivity contribution in [2.75, 3.05) is 26.2 Å². The summed E-state index contributed by atoms with van der Waals surface area (Å²) in [7, 11) is 0. The number of alkyl halides is 9. The Kier molecular flexibility index (Phi) is 14.3. The van der Waals surface area contributed by atoms with Gasteiger partial charge in [-0.05, 0) is 71.0 Å². The third kappa shape index (κ3) is 12.8. The molecule has 0 amide bonds. The number of aliphatic carboxylic acids is 3. The highest BCUT2D eigenvalue weighted by atomic mass is 19.4. The molecule has 1 spiro atoms. The smallest absolute Gasteiger partial charge is 0.475 e. The van der Waals surface area contributed by atoms with Gasteiger partial charge in [-0.2, -0.15) is 39.5 Å². The Bertz CT molecular complexity index is 1370. The van der Waals surface area contributed by atoms with Gasteiger partial charge in [0.2, 0.25) is 0 Å². The summed E-state index contributed by atoms with van der Waals surface area (Å²) in [5, 5.41) is 21.4. The fourth-order valence-corrected chi connectivity index (χ4v) is 5.79. The monoisotopic (exact) mass is 734 g/mol. The molecule has 3 N–H and O–H groups in total. The summed E-state index contributed by atoms with van der Waals surface area (Å²) in [6.07, 6.45) is -9.90. The number of imidazole rings is 1. The molecule has 0 radical (unpaired) electrons. The zero-order valence-electron chi connectivity index (χ0n) is 27.4. The summed E-state index contributed by atoms with van der Waals surface area (Å²) < 4.78 is 97.7. The van der Waals surface area contributed by atoms with Gasteiger partial charge >= 0.3 is 36.4 Å². The zero-order chi connectivity index (χ0) is 38.2. The molecule has 1 saturated heterocycles. The molecule has 1 aromatic carbocycles. The molecule has 0 unspecified atom stereocenters. The van der Waals surface area contributed by atoms with Crippen LogP contribution in [0.25, 0.3) is 0 Å². The minimum Gasteiger partial charge on any atom is -0.475 e. The van der Waals surface area contributed by atoms with Crippen LogP contribution in [-0.4, -0.2) is 97.3 Å². The lowest BCUT2D eigenvalue weighted by Crippen LogP contribution is -2.52. The molecule has 2 fully saturated rings. The van der Waals surface area contributed by atoms with Crippen molar-refractivity contribution in [2.45, 2.75) is 89.5 Å². The third-order valence-corrected chi connectivity index (χ3v) is 8.11. The van der Waals surface area contributed by atoms with Crippen LogP contribution in [0.2, 0.25) is 0 Å². The molecule has 1 aromatic heterocycles. The number of carbonyl (C=O) groups is 3. The van der Waals surface area contributed by atoms with Crippen LogP contribution in [0.4, 0.5) is 39.5 Å². The molecule has 3 aliphatic rings. The normalized spacial score (nSPS) is 17.7. The fourth-order valence-electron chi connectivity index (χ4n) is 5.79. The maximum atomic E-state index is 10.6. The first kappa shape index (κ1) is 42.3. The van der Waals surface area contributed by atoms with Crippen molar-refractivity contribution < 1.29 is 69.2 Å². The van der Waals surface area contributed by atoms with Crippen LogP contribution in [0, 0.1) is 12.8 Å². The topological polar surface area (TPSA) is 136 Å². The van der Waals surface area contributed by atoms with Crippen molar-refractivity contribution in [1.29, 1.82) is 0 Å². The second-order valence-electron chi connectivity index (χ2n) is 12.5. The van der Waals surface area contributed by atoms with Gasteiger partial charge in [0.1, 0.15) is 5.82 Å². The van der Waals surface area contributed by atoms with Crippen LogP contribution in [0.3, 0.4) is 0 Å². The van der Waals surface area contributed by atoms with Crippen LogP contribution in [0.5, 0.6) is 0 Å². The number of carboxylic acids is 3. The maximum Gasteiger partial charge on any atom is 0.490 e.